The van der Waals surface area contributed by atoms with Crippen LogP contribution >= 0.6 is 0 Å². The van der Waals surface area contributed by atoms with Crippen LogP contribution < -0.4 is 20.3 Å². The molecule has 0 aliphatic rings. The number of methoxy groups -OCH3 is 1. The van der Waals surface area contributed by atoms with E-state index >= 15 is 0 Å². The molecule has 1 heterocycles. The van der Waals surface area contributed by atoms with Gasteiger partial charge in [-0.1, -0.05) is 12.1 Å². The van der Waals surface area contributed by atoms with Gasteiger partial charge >= 0.3 is 0 Å². The number of aromatic nitrogens is 2. The third-order valence-electron chi connectivity index (χ3n) is 4.00. The second-order valence-electron chi connectivity index (χ2n) is 5.92. The summed E-state index contributed by atoms with van der Waals surface area (Å²) in [4.78, 5) is 24.5. The van der Waals surface area contributed by atoms with E-state index in [4.69, 9.17) is 9.47 Å². The maximum absolute atomic E-state index is 12.4. The van der Waals surface area contributed by atoms with Crippen molar-refractivity contribution in [2.75, 3.05) is 19.0 Å². The maximum atomic E-state index is 12.4. The Hall–Kier alpha value is -3.61. The zero-order chi connectivity index (χ0) is 19.9. The molecule has 0 unspecified atom stereocenters. The minimum atomic E-state index is -0.372. The van der Waals surface area contributed by atoms with Gasteiger partial charge < -0.3 is 14.8 Å². The fourth-order valence-electron chi connectivity index (χ4n) is 2.68. The molecule has 0 saturated carbocycles. The Balaban J connectivity index is 1.78. The quantitative estimate of drug-likeness (QED) is 0.682. The molecule has 0 fully saturated rings. The average Bonchev–Trinajstić information content (AvgIpc) is 2.71. The molecule has 0 spiro atoms. The molecule has 1 aromatic heterocycles. The van der Waals surface area contributed by atoms with Gasteiger partial charge in [0.1, 0.15) is 18.0 Å². The SMILES string of the molecule is CCOc1ccc(-c2ccc(=O)n(CC(=O)Nc3ccccc3OC)n2)cc1. The lowest BCUT2D eigenvalue weighted by Crippen LogP contribution is -2.29. The number of hydrogen-bond acceptors (Lipinski definition) is 5. The Kier molecular flexibility index (Phi) is 6.06. The van der Waals surface area contributed by atoms with Gasteiger partial charge in [0.15, 0.2) is 0 Å². The molecule has 2 aromatic carbocycles. The number of carbonyl (C=O) groups is 1. The third kappa shape index (κ3) is 4.56. The van der Waals surface area contributed by atoms with Crippen LogP contribution in [0.5, 0.6) is 11.5 Å². The Bertz CT molecular complexity index is 1010. The summed E-state index contributed by atoms with van der Waals surface area (Å²) < 4.78 is 11.8. The molecule has 3 rings (SSSR count). The van der Waals surface area contributed by atoms with Crippen LogP contribution in [0.4, 0.5) is 5.69 Å². The van der Waals surface area contributed by atoms with Crippen molar-refractivity contribution in [1.29, 1.82) is 0 Å². The molecule has 1 amide bonds. The van der Waals surface area contributed by atoms with E-state index in [1.807, 2.05) is 31.2 Å². The van der Waals surface area contributed by atoms with Gasteiger partial charge in [0.05, 0.1) is 25.1 Å². The lowest BCUT2D eigenvalue weighted by molar-refractivity contribution is -0.117. The first kappa shape index (κ1) is 19.2. The van der Waals surface area contributed by atoms with Crippen molar-refractivity contribution in [3.05, 3.63) is 71.0 Å². The molecule has 3 aromatic rings. The molecule has 0 saturated heterocycles. The summed E-state index contributed by atoms with van der Waals surface area (Å²) in [6, 6.07) is 17.5. The Morgan fingerprint density at radius 2 is 1.82 bits per heavy atom. The van der Waals surface area contributed by atoms with Crippen LogP contribution in [0.3, 0.4) is 0 Å². The van der Waals surface area contributed by atoms with Crippen molar-refractivity contribution >= 4 is 11.6 Å². The van der Waals surface area contributed by atoms with Gasteiger partial charge in [0.25, 0.3) is 5.56 Å². The van der Waals surface area contributed by atoms with Gasteiger partial charge in [-0.15, -0.1) is 0 Å². The van der Waals surface area contributed by atoms with E-state index in [0.717, 1.165) is 16.0 Å². The second-order valence-corrected chi connectivity index (χ2v) is 5.92. The molecular weight excluding hydrogens is 358 g/mol. The lowest BCUT2D eigenvalue weighted by atomic mass is 10.1. The van der Waals surface area contributed by atoms with E-state index in [2.05, 4.69) is 10.4 Å². The smallest absolute Gasteiger partial charge is 0.267 e. The van der Waals surface area contributed by atoms with Crippen molar-refractivity contribution in [3.8, 4) is 22.8 Å². The molecular formula is C21H21N3O4. The van der Waals surface area contributed by atoms with Gasteiger partial charge in [-0.2, -0.15) is 5.10 Å². The van der Waals surface area contributed by atoms with Crippen molar-refractivity contribution in [1.82, 2.24) is 9.78 Å². The number of nitrogens with one attached hydrogen (secondary N) is 1. The first-order valence-electron chi connectivity index (χ1n) is 8.85. The summed E-state index contributed by atoms with van der Waals surface area (Å²) in [7, 11) is 1.53. The van der Waals surface area contributed by atoms with E-state index in [1.165, 1.54) is 13.2 Å². The normalized spacial score (nSPS) is 10.4. The summed E-state index contributed by atoms with van der Waals surface area (Å²) in [5.41, 5.74) is 1.59. The molecule has 144 valence electrons. The zero-order valence-electron chi connectivity index (χ0n) is 15.7. The molecule has 0 atom stereocenters. The standard InChI is InChI=1S/C21H21N3O4/c1-3-28-16-10-8-15(9-11-16)17-12-13-21(26)24(23-17)14-20(25)22-18-6-4-5-7-19(18)27-2/h4-13H,3,14H2,1-2H3,(H,22,25). The number of carbonyl (C=O) groups excluding carboxylic acids is 1. The van der Waals surface area contributed by atoms with Crippen LogP contribution in [0.25, 0.3) is 11.3 Å². The number of benzene rings is 2. The minimum absolute atomic E-state index is 0.207. The lowest BCUT2D eigenvalue weighted by Gasteiger charge is -2.11. The van der Waals surface area contributed by atoms with Gasteiger partial charge in [-0.25, -0.2) is 4.68 Å². The van der Waals surface area contributed by atoms with Crippen molar-refractivity contribution in [2.45, 2.75) is 13.5 Å². The molecule has 0 bridgehead atoms. The van der Waals surface area contributed by atoms with E-state index in [-0.39, 0.29) is 18.0 Å². The maximum Gasteiger partial charge on any atom is 0.267 e. The zero-order valence-corrected chi connectivity index (χ0v) is 15.7. The molecule has 0 aliphatic heterocycles. The van der Waals surface area contributed by atoms with Crippen LogP contribution in [-0.4, -0.2) is 29.4 Å². The van der Waals surface area contributed by atoms with Gasteiger partial charge in [-0.3, -0.25) is 9.59 Å². The number of anilines is 1. The topological polar surface area (TPSA) is 82.5 Å². The van der Waals surface area contributed by atoms with Gasteiger partial charge in [-0.05, 0) is 49.4 Å². The second kappa shape index (κ2) is 8.85. The number of amides is 1. The first-order valence-corrected chi connectivity index (χ1v) is 8.85. The fraction of sp³-hybridized carbons (Fsp3) is 0.190. The Labute approximate surface area is 162 Å². The number of para-hydroxylation sites is 2. The predicted octanol–water partition coefficient (Wildman–Crippen LogP) is 2.96. The van der Waals surface area contributed by atoms with Crippen LogP contribution in [-0.2, 0) is 11.3 Å². The number of ether oxygens (including phenoxy) is 2. The van der Waals surface area contributed by atoms with E-state index < -0.39 is 0 Å². The summed E-state index contributed by atoms with van der Waals surface area (Å²) >= 11 is 0. The van der Waals surface area contributed by atoms with Crippen molar-refractivity contribution in [2.24, 2.45) is 0 Å². The molecule has 0 aliphatic carbocycles. The Morgan fingerprint density at radius 3 is 2.54 bits per heavy atom. The average molecular weight is 379 g/mol. The van der Waals surface area contributed by atoms with Crippen LogP contribution in [0.15, 0.2) is 65.5 Å². The number of rotatable bonds is 7. The summed E-state index contributed by atoms with van der Waals surface area (Å²) in [6.07, 6.45) is 0. The van der Waals surface area contributed by atoms with E-state index in [9.17, 15) is 9.59 Å². The number of nitrogens with zero attached hydrogens (tertiary/aromatic N) is 2. The summed E-state index contributed by atoms with van der Waals surface area (Å²) in [5, 5.41) is 7.05. The third-order valence-corrected chi connectivity index (χ3v) is 4.00. The molecule has 1 N–H and O–H groups in total. The van der Waals surface area contributed by atoms with E-state index in [0.29, 0.717) is 23.7 Å². The number of hydrogen-bond donors (Lipinski definition) is 1. The van der Waals surface area contributed by atoms with Gasteiger partial charge in [0.2, 0.25) is 5.91 Å². The highest BCUT2D eigenvalue weighted by Gasteiger charge is 2.11. The van der Waals surface area contributed by atoms with Crippen molar-refractivity contribution < 1.29 is 14.3 Å². The first-order chi connectivity index (χ1) is 13.6. The largest absolute Gasteiger partial charge is 0.495 e. The predicted molar refractivity (Wildman–Crippen MR) is 107 cm³/mol. The summed E-state index contributed by atoms with van der Waals surface area (Å²) in [5.74, 6) is 0.929. The fourth-order valence-corrected chi connectivity index (χ4v) is 2.68. The molecule has 7 heteroatoms. The van der Waals surface area contributed by atoms with Crippen LogP contribution in [0, 0.1) is 0 Å². The van der Waals surface area contributed by atoms with Crippen molar-refractivity contribution in [3.63, 3.8) is 0 Å². The van der Waals surface area contributed by atoms with Crippen LogP contribution in [0.1, 0.15) is 6.92 Å². The monoisotopic (exact) mass is 379 g/mol. The highest BCUT2D eigenvalue weighted by atomic mass is 16.5. The summed E-state index contributed by atoms with van der Waals surface area (Å²) in [6.45, 7) is 2.30. The Morgan fingerprint density at radius 1 is 1.07 bits per heavy atom. The highest BCUT2D eigenvalue weighted by molar-refractivity contribution is 5.92. The molecule has 0 radical (unpaired) electrons. The van der Waals surface area contributed by atoms with E-state index in [1.54, 1.807) is 30.3 Å². The van der Waals surface area contributed by atoms with Crippen LogP contribution in [0.2, 0.25) is 0 Å². The van der Waals surface area contributed by atoms with Gasteiger partial charge in [0, 0.05) is 11.6 Å². The molecule has 7 nitrogen and oxygen atoms in total. The highest BCUT2D eigenvalue weighted by Crippen LogP contribution is 2.23. The minimum Gasteiger partial charge on any atom is -0.495 e. The molecule has 28 heavy (non-hydrogen) atoms.